The van der Waals surface area contributed by atoms with Crippen LogP contribution in [0.15, 0.2) is 67.3 Å². The molecule has 7 heteroatoms. The Kier molecular flexibility index (Phi) is 5.51. The van der Waals surface area contributed by atoms with Gasteiger partial charge >= 0.3 is 0 Å². The number of carbonyl (C=O) groups is 1. The van der Waals surface area contributed by atoms with Gasteiger partial charge < -0.3 is 10.6 Å². The van der Waals surface area contributed by atoms with Crippen LogP contribution in [0.1, 0.15) is 10.5 Å². The fourth-order valence-corrected chi connectivity index (χ4v) is 2.34. The normalized spacial score (nSPS) is 10.3. The smallest absolute Gasteiger partial charge is 0.274 e. The summed E-state index contributed by atoms with van der Waals surface area (Å²) in [6, 6.07) is 13.8. The van der Waals surface area contributed by atoms with Gasteiger partial charge in [0, 0.05) is 18.2 Å². The predicted octanol–water partition coefficient (Wildman–Crippen LogP) is 4.27. The van der Waals surface area contributed by atoms with Gasteiger partial charge in [-0.3, -0.25) is 4.79 Å². The molecule has 0 unspecified atom stereocenters. The zero-order valence-electron chi connectivity index (χ0n) is 14.2. The van der Waals surface area contributed by atoms with E-state index in [0.29, 0.717) is 23.8 Å². The maximum Gasteiger partial charge on any atom is 0.274 e. The number of halogens is 2. The third-order valence-electron chi connectivity index (χ3n) is 3.62. The van der Waals surface area contributed by atoms with Crippen molar-refractivity contribution in [3.05, 3.63) is 84.6 Å². The van der Waals surface area contributed by atoms with Crippen molar-refractivity contribution >= 4 is 17.4 Å². The molecule has 3 aromatic rings. The molecule has 0 atom stereocenters. The second kappa shape index (κ2) is 8.18. The highest BCUT2D eigenvalue weighted by Crippen LogP contribution is 2.21. The van der Waals surface area contributed by atoms with Crippen LogP contribution in [0, 0.1) is 11.6 Å². The number of aromatic nitrogens is 2. The molecule has 0 spiro atoms. The number of benzene rings is 2. The summed E-state index contributed by atoms with van der Waals surface area (Å²) in [6.07, 6.45) is 1.64. The summed E-state index contributed by atoms with van der Waals surface area (Å²) >= 11 is 0. The van der Waals surface area contributed by atoms with Crippen LogP contribution in [0.4, 0.5) is 20.3 Å². The number of anilines is 2. The van der Waals surface area contributed by atoms with Crippen molar-refractivity contribution in [2.75, 3.05) is 17.2 Å². The number of nitrogens with one attached hydrogen (secondary N) is 2. The van der Waals surface area contributed by atoms with Gasteiger partial charge in [0.25, 0.3) is 5.91 Å². The highest BCUT2D eigenvalue weighted by atomic mass is 19.1. The van der Waals surface area contributed by atoms with Gasteiger partial charge in [0.15, 0.2) is 5.82 Å². The van der Waals surface area contributed by atoms with Crippen LogP contribution in [0.2, 0.25) is 0 Å². The van der Waals surface area contributed by atoms with E-state index in [4.69, 9.17) is 0 Å². The summed E-state index contributed by atoms with van der Waals surface area (Å²) in [5.74, 6) is -1.79. The van der Waals surface area contributed by atoms with E-state index in [1.54, 1.807) is 18.2 Å². The lowest BCUT2D eigenvalue weighted by Crippen LogP contribution is -2.17. The van der Waals surface area contributed by atoms with Gasteiger partial charge in [-0.05, 0) is 12.1 Å². The summed E-state index contributed by atoms with van der Waals surface area (Å²) in [5, 5.41) is 5.22. The molecule has 1 aromatic heterocycles. The largest absolute Gasteiger partial charge is 0.366 e. The third-order valence-corrected chi connectivity index (χ3v) is 3.62. The molecule has 0 bridgehead atoms. The molecule has 136 valence electrons. The Labute approximate surface area is 154 Å². The van der Waals surface area contributed by atoms with E-state index in [1.807, 2.05) is 18.2 Å². The number of carbonyl (C=O) groups excluding carboxylic acids is 1. The van der Waals surface area contributed by atoms with Crippen molar-refractivity contribution < 1.29 is 13.6 Å². The molecular formula is C20H16F2N4O. The molecule has 3 rings (SSSR count). The van der Waals surface area contributed by atoms with Crippen molar-refractivity contribution in [1.29, 1.82) is 0 Å². The van der Waals surface area contributed by atoms with Crippen molar-refractivity contribution in [2.24, 2.45) is 0 Å². The van der Waals surface area contributed by atoms with Gasteiger partial charge in [-0.25, -0.2) is 18.7 Å². The van der Waals surface area contributed by atoms with Crippen molar-refractivity contribution in [3.63, 3.8) is 0 Å². The maximum atomic E-state index is 13.8. The van der Waals surface area contributed by atoms with Crippen LogP contribution < -0.4 is 10.6 Å². The Morgan fingerprint density at radius 1 is 1.04 bits per heavy atom. The molecule has 5 nitrogen and oxygen atoms in total. The van der Waals surface area contributed by atoms with Crippen LogP contribution >= 0.6 is 0 Å². The first-order valence-electron chi connectivity index (χ1n) is 8.13. The van der Waals surface area contributed by atoms with Crippen LogP contribution in [-0.4, -0.2) is 22.4 Å². The lowest BCUT2D eigenvalue weighted by molar-refractivity contribution is 0.102. The number of amides is 1. The van der Waals surface area contributed by atoms with Gasteiger partial charge in [0.05, 0.1) is 0 Å². The molecule has 27 heavy (non-hydrogen) atoms. The highest BCUT2D eigenvalue weighted by molar-refractivity contribution is 6.03. The maximum absolute atomic E-state index is 13.8. The van der Waals surface area contributed by atoms with Crippen LogP contribution in [0.5, 0.6) is 0 Å². The summed E-state index contributed by atoms with van der Waals surface area (Å²) in [6.45, 7) is 4.05. The van der Waals surface area contributed by atoms with E-state index < -0.39 is 23.2 Å². The number of nitrogens with zero attached hydrogens (tertiary/aromatic N) is 2. The average molecular weight is 366 g/mol. The van der Waals surface area contributed by atoms with E-state index in [-0.39, 0.29) is 5.69 Å². The van der Waals surface area contributed by atoms with E-state index in [2.05, 4.69) is 27.2 Å². The molecule has 0 aliphatic rings. The Hall–Kier alpha value is -3.61. The lowest BCUT2D eigenvalue weighted by Gasteiger charge is -2.10. The summed E-state index contributed by atoms with van der Waals surface area (Å²) in [4.78, 5) is 21.1. The Balaban J connectivity index is 1.98. The monoisotopic (exact) mass is 366 g/mol. The van der Waals surface area contributed by atoms with Crippen LogP contribution in [0.3, 0.4) is 0 Å². The van der Waals surface area contributed by atoms with Crippen molar-refractivity contribution in [2.45, 2.75) is 0 Å². The van der Waals surface area contributed by atoms with Crippen molar-refractivity contribution in [1.82, 2.24) is 9.97 Å². The van der Waals surface area contributed by atoms with Gasteiger partial charge in [-0.15, -0.1) is 6.58 Å². The Bertz CT molecular complexity index is 957. The molecule has 0 aliphatic heterocycles. The lowest BCUT2D eigenvalue weighted by atomic mass is 10.2. The van der Waals surface area contributed by atoms with Crippen LogP contribution in [0.25, 0.3) is 11.4 Å². The Morgan fingerprint density at radius 2 is 1.74 bits per heavy atom. The second-order valence-corrected chi connectivity index (χ2v) is 5.55. The standard InChI is InChI=1S/C20H16F2N4O/c1-2-11-23-17-12-16(24-19(25-17)13-7-4-3-5-8-13)20(27)26-18-14(21)9-6-10-15(18)22/h2-10,12H,1,11H2,(H,26,27)(H,23,24,25). The van der Waals surface area contributed by atoms with E-state index in [9.17, 15) is 13.6 Å². The number of rotatable bonds is 6. The van der Waals surface area contributed by atoms with Crippen LogP contribution in [-0.2, 0) is 0 Å². The zero-order chi connectivity index (χ0) is 19.2. The first kappa shape index (κ1) is 18.2. The quantitative estimate of drug-likeness (QED) is 0.640. The van der Waals surface area contributed by atoms with Gasteiger partial charge in [0.2, 0.25) is 0 Å². The average Bonchev–Trinajstić information content (AvgIpc) is 2.69. The van der Waals surface area contributed by atoms with Gasteiger partial charge in [-0.2, -0.15) is 0 Å². The second-order valence-electron chi connectivity index (χ2n) is 5.55. The third kappa shape index (κ3) is 4.33. The minimum Gasteiger partial charge on any atom is -0.366 e. The van der Waals surface area contributed by atoms with E-state index in [0.717, 1.165) is 12.1 Å². The number of hydrogen-bond donors (Lipinski definition) is 2. The fraction of sp³-hybridized carbons (Fsp3) is 0.0500. The summed E-state index contributed by atoms with van der Waals surface area (Å²) in [7, 11) is 0. The topological polar surface area (TPSA) is 66.9 Å². The number of para-hydroxylation sites is 1. The first-order valence-corrected chi connectivity index (χ1v) is 8.13. The number of hydrogen-bond acceptors (Lipinski definition) is 4. The fourth-order valence-electron chi connectivity index (χ4n) is 2.34. The van der Waals surface area contributed by atoms with Gasteiger partial charge in [0.1, 0.15) is 28.8 Å². The zero-order valence-corrected chi connectivity index (χ0v) is 14.2. The summed E-state index contributed by atoms with van der Waals surface area (Å²) < 4.78 is 27.6. The molecule has 0 saturated carbocycles. The molecule has 1 amide bonds. The molecule has 2 aromatic carbocycles. The van der Waals surface area contributed by atoms with Crippen molar-refractivity contribution in [3.8, 4) is 11.4 Å². The minimum absolute atomic E-state index is 0.0296. The molecule has 0 fully saturated rings. The Morgan fingerprint density at radius 3 is 2.41 bits per heavy atom. The summed E-state index contributed by atoms with van der Waals surface area (Å²) in [5.41, 5.74) is 0.145. The molecule has 0 saturated heterocycles. The van der Waals surface area contributed by atoms with Gasteiger partial charge in [-0.1, -0.05) is 42.5 Å². The first-order chi connectivity index (χ1) is 13.1. The molecule has 0 aliphatic carbocycles. The molecular weight excluding hydrogens is 350 g/mol. The highest BCUT2D eigenvalue weighted by Gasteiger charge is 2.17. The minimum atomic E-state index is -0.870. The molecule has 1 heterocycles. The van der Waals surface area contributed by atoms with E-state index >= 15 is 0 Å². The predicted molar refractivity (Wildman–Crippen MR) is 100 cm³/mol. The molecule has 2 N–H and O–H groups in total. The van der Waals surface area contributed by atoms with E-state index in [1.165, 1.54) is 12.1 Å². The molecule has 0 radical (unpaired) electrons. The SMILES string of the molecule is C=CCNc1cc(C(=O)Nc2c(F)cccc2F)nc(-c2ccccc2)n1.